The van der Waals surface area contributed by atoms with E-state index in [0.717, 1.165) is 17.7 Å². The number of aromatic nitrogens is 1. The van der Waals surface area contributed by atoms with Gasteiger partial charge in [-0.1, -0.05) is 24.3 Å². The molecule has 0 spiro atoms. The van der Waals surface area contributed by atoms with Gasteiger partial charge in [-0.15, -0.1) is 11.8 Å². The van der Waals surface area contributed by atoms with Crippen molar-refractivity contribution in [3.63, 3.8) is 0 Å². The van der Waals surface area contributed by atoms with Crippen molar-refractivity contribution in [3.05, 3.63) is 58.9 Å². The smallest absolute Gasteiger partial charge is 0.339 e. The normalized spacial score (nSPS) is 16.0. The van der Waals surface area contributed by atoms with Crippen molar-refractivity contribution < 1.29 is 14.3 Å². The van der Waals surface area contributed by atoms with Crippen LogP contribution in [0.4, 0.5) is 5.69 Å². The number of carbonyl (C=O) groups is 2. The topological polar surface area (TPSA) is 68.3 Å². The van der Waals surface area contributed by atoms with Gasteiger partial charge in [0.25, 0.3) is 0 Å². The quantitative estimate of drug-likeness (QED) is 0.849. The zero-order valence-corrected chi connectivity index (χ0v) is 15.1. The Labute approximate surface area is 151 Å². The van der Waals surface area contributed by atoms with Crippen molar-refractivity contribution in [1.82, 2.24) is 4.98 Å². The van der Waals surface area contributed by atoms with Crippen molar-refractivity contribution in [1.29, 1.82) is 0 Å². The molecule has 0 saturated heterocycles. The number of esters is 1. The zero-order valence-electron chi connectivity index (χ0n) is 14.2. The number of amides is 1. The Morgan fingerprint density at radius 3 is 2.96 bits per heavy atom. The maximum atomic E-state index is 12.8. The van der Waals surface area contributed by atoms with E-state index in [0.29, 0.717) is 23.6 Å². The molecule has 1 aliphatic rings. The number of nitrogens with zero attached hydrogens (tertiary/aromatic N) is 1. The maximum absolute atomic E-state index is 12.8. The molecule has 1 amide bonds. The van der Waals surface area contributed by atoms with Gasteiger partial charge in [0.1, 0.15) is 5.25 Å². The Morgan fingerprint density at radius 1 is 1.36 bits per heavy atom. The summed E-state index contributed by atoms with van der Waals surface area (Å²) in [5.74, 6) is 0.376. The van der Waals surface area contributed by atoms with Gasteiger partial charge in [-0.05, 0) is 43.2 Å². The lowest BCUT2D eigenvalue weighted by molar-refractivity contribution is -0.115. The second-order valence-corrected chi connectivity index (χ2v) is 6.98. The first kappa shape index (κ1) is 17.5. The molecule has 130 valence electrons. The minimum absolute atomic E-state index is 0.0944. The highest BCUT2D eigenvalue weighted by atomic mass is 32.2. The molecule has 0 fully saturated rings. The van der Waals surface area contributed by atoms with Crippen LogP contribution in [0.5, 0.6) is 0 Å². The van der Waals surface area contributed by atoms with Crippen LogP contribution >= 0.6 is 11.8 Å². The number of pyridine rings is 1. The Morgan fingerprint density at radius 2 is 2.16 bits per heavy atom. The predicted molar refractivity (Wildman–Crippen MR) is 98.9 cm³/mol. The maximum Gasteiger partial charge on any atom is 0.339 e. The third-order valence-electron chi connectivity index (χ3n) is 4.09. The van der Waals surface area contributed by atoms with Crippen molar-refractivity contribution in [2.75, 3.05) is 17.7 Å². The summed E-state index contributed by atoms with van der Waals surface area (Å²) in [4.78, 5) is 28.9. The highest BCUT2D eigenvalue weighted by Gasteiger charge is 2.27. The second-order valence-electron chi connectivity index (χ2n) is 5.77. The van der Waals surface area contributed by atoms with Gasteiger partial charge < -0.3 is 10.1 Å². The van der Waals surface area contributed by atoms with Gasteiger partial charge in [-0.3, -0.25) is 9.78 Å². The Hall–Kier alpha value is -2.34. The average Bonchev–Trinajstić information content (AvgIpc) is 2.63. The number of hydrogen-bond acceptors (Lipinski definition) is 5. The van der Waals surface area contributed by atoms with Crippen LogP contribution in [0.25, 0.3) is 0 Å². The van der Waals surface area contributed by atoms with Crippen LogP contribution in [0.1, 0.15) is 39.4 Å². The number of thioether (sulfide) groups is 1. The molecule has 1 N–H and O–H groups in total. The minimum atomic E-state index is -0.442. The minimum Gasteiger partial charge on any atom is -0.462 e. The fourth-order valence-corrected chi connectivity index (χ4v) is 3.99. The Balaban J connectivity index is 1.82. The molecule has 2 heterocycles. The van der Waals surface area contributed by atoms with Gasteiger partial charge >= 0.3 is 5.97 Å². The van der Waals surface area contributed by atoms with Crippen LogP contribution in [-0.4, -0.2) is 29.2 Å². The van der Waals surface area contributed by atoms with Gasteiger partial charge in [-0.2, -0.15) is 0 Å². The number of nitrogens with one attached hydrogen (secondary N) is 1. The molecule has 2 aromatic rings. The molecule has 0 saturated carbocycles. The number of aryl methyl sites for hydroxylation is 2. The monoisotopic (exact) mass is 356 g/mol. The lowest BCUT2D eigenvalue weighted by Crippen LogP contribution is -2.23. The molecule has 3 rings (SSSR count). The second kappa shape index (κ2) is 7.70. The summed E-state index contributed by atoms with van der Waals surface area (Å²) in [6, 6.07) is 9.66. The number of anilines is 1. The SMILES string of the molecule is CCOC(=O)c1cnc(C)c(NC(=O)C2SCCc3ccccc32)c1. The summed E-state index contributed by atoms with van der Waals surface area (Å²) in [5.41, 5.74) is 3.81. The summed E-state index contributed by atoms with van der Waals surface area (Å²) < 4.78 is 4.99. The first-order valence-electron chi connectivity index (χ1n) is 8.24. The van der Waals surface area contributed by atoms with Crippen LogP contribution in [0, 0.1) is 6.92 Å². The molecule has 5 nitrogen and oxygen atoms in total. The number of hydrogen-bond donors (Lipinski definition) is 1. The number of fused-ring (bicyclic) bond motifs is 1. The standard InChI is InChI=1S/C19H20N2O3S/c1-3-24-19(23)14-10-16(12(2)20-11-14)21-18(22)17-15-7-5-4-6-13(15)8-9-25-17/h4-7,10-11,17H,3,8-9H2,1-2H3,(H,21,22). The number of benzene rings is 1. The van der Waals surface area contributed by atoms with Crippen LogP contribution in [0.3, 0.4) is 0 Å². The molecule has 0 bridgehead atoms. The van der Waals surface area contributed by atoms with E-state index in [9.17, 15) is 9.59 Å². The van der Waals surface area contributed by atoms with Crippen molar-refractivity contribution in [2.45, 2.75) is 25.5 Å². The summed E-state index contributed by atoms with van der Waals surface area (Å²) in [7, 11) is 0. The highest BCUT2D eigenvalue weighted by Crippen LogP contribution is 2.37. The van der Waals surface area contributed by atoms with E-state index in [-0.39, 0.29) is 11.2 Å². The van der Waals surface area contributed by atoms with Gasteiger partial charge in [0.15, 0.2) is 0 Å². The number of rotatable bonds is 4. The van der Waals surface area contributed by atoms with Gasteiger partial charge in [0, 0.05) is 6.20 Å². The fourth-order valence-electron chi connectivity index (χ4n) is 2.80. The summed E-state index contributed by atoms with van der Waals surface area (Å²) in [6.07, 6.45) is 2.44. The number of carbonyl (C=O) groups excluding carboxylic acids is 2. The lowest BCUT2D eigenvalue weighted by Gasteiger charge is -2.24. The molecule has 1 unspecified atom stereocenters. The van der Waals surface area contributed by atoms with E-state index in [1.807, 2.05) is 18.2 Å². The first-order valence-corrected chi connectivity index (χ1v) is 9.29. The third kappa shape index (κ3) is 3.85. The van der Waals surface area contributed by atoms with E-state index < -0.39 is 5.97 Å². The first-order chi connectivity index (χ1) is 12.1. The predicted octanol–water partition coefficient (Wildman–Crippen LogP) is 3.54. The van der Waals surface area contributed by atoms with Gasteiger partial charge in [0.05, 0.1) is 23.6 Å². The molecule has 25 heavy (non-hydrogen) atoms. The molecular weight excluding hydrogens is 336 g/mol. The summed E-state index contributed by atoms with van der Waals surface area (Å²) >= 11 is 1.63. The lowest BCUT2D eigenvalue weighted by atomic mass is 10.0. The molecule has 0 aliphatic carbocycles. The highest BCUT2D eigenvalue weighted by molar-refractivity contribution is 8.00. The van der Waals surface area contributed by atoms with Crippen molar-refractivity contribution >= 4 is 29.3 Å². The molecule has 1 atom stereocenters. The van der Waals surface area contributed by atoms with Crippen molar-refractivity contribution in [2.24, 2.45) is 0 Å². The van der Waals surface area contributed by atoms with E-state index in [4.69, 9.17) is 4.74 Å². The Bertz CT molecular complexity index is 807. The fraction of sp³-hybridized carbons (Fsp3) is 0.316. The summed E-state index contributed by atoms with van der Waals surface area (Å²) in [6.45, 7) is 3.84. The van der Waals surface area contributed by atoms with Gasteiger partial charge in [0.2, 0.25) is 5.91 Å². The largest absolute Gasteiger partial charge is 0.462 e. The van der Waals surface area contributed by atoms with E-state index in [2.05, 4.69) is 16.4 Å². The van der Waals surface area contributed by atoms with Crippen molar-refractivity contribution in [3.8, 4) is 0 Å². The van der Waals surface area contributed by atoms with Crippen LogP contribution in [0.2, 0.25) is 0 Å². The summed E-state index contributed by atoms with van der Waals surface area (Å²) in [5, 5.41) is 2.67. The van der Waals surface area contributed by atoms with E-state index >= 15 is 0 Å². The van der Waals surface area contributed by atoms with Crippen LogP contribution in [-0.2, 0) is 16.0 Å². The number of ether oxygens (including phenoxy) is 1. The van der Waals surface area contributed by atoms with E-state index in [1.165, 1.54) is 11.8 Å². The van der Waals surface area contributed by atoms with E-state index in [1.54, 1.807) is 31.7 Å². The van der Waals surface area contributed by atoms with Crippen LogP contribution in [0.15, 0.2) is 36.5 Å². The molecule has 1 aromatic heterocycles. The Kier molecular flexibility index (Phi) is 5.38. The molecule has 1 aliphatic heterocycles. The van der Waals surface area contributed by atoms with Gasteiger partial charge in [-0.25, -0.2) is 4.79 Å². The molecule has 0 radical (unpaired) electrons. The third-order valence-corrected chi connectivity index (χ3v) is 5.33. The zero-order chi connectivity index (χ0) is 17.8. The average molecular weight is 356 g/mol. The van der Waals surface area contributed by atoms with Crippen LogP contribution < -0.4 is 5.32 Å². The molecule has 1 aromatic carbocycles. The molecular formula is C19H20N2O3S. The molecule has 6 heteroatoms.